The summed E-state index contributed by atoms with van der Waals surface area (Å²) in [6.07, 6.45) is 9.49. The zero-order chi connectivity index (χ0) is 23.3. The Morgan fingerprint density at radius 2 is 1.75 bits per heavy atom. The Kier molecular flexibility index (Phi) is 6.50. The molecule has 4 rings (SSSR count). The second-order valence-electron chi connectivity index (χ2n) is 11.9. The molecule has 0 bridgehead atoms. The number of methoxy groups -OCH3 is 1. The summed E-state index contributed by atoms with van der Waals surface area (Å²) in [6, 6.07) is 0. The quantitative estimate of drug-likeness (QED) is 0.533. The van der Waals surface area contributed by atoms with E-state index in [4.69, 9.17) is 9.47 Å². The molecule has 0 saturated heterocycles. The van der Waals surface area contributed by atoms with Crippen LogP contribution in [0.4, 0.5) is 0 Å². The molecule has 9 atom stereocenters. The standard InChI is InChI=1S/C27H42O5/c1-16(6-9-24(30)31-5)20-7-8-21-25-22(11-13-27(20,21)4)26(3)12-10-19(32-17(2)28)14-18(26)15-23(25)29/h16,18-22,25H,6-15H2,1-5H3/t16-,18?,19?,20-,21+,22+,25+,26+,27-/m1/s1. The summed E-state index contributed by atoms with van der Waals surface area (Å²) in [5.41, 5.74) is 0.385. The molecule has 2 unspecified atom stereocenters. The highest BCUT2D eigenvalue weighted by molar-refractivity contribution is 5.83. The molecule has 0 aromatic rings. The first-order valence-electron chi connectivity index (χ1n) is 12.9. The Morgan fingerprint density at radius 1 is 1.06 bits per heavy atom. The predicted molar refractivity (Wildman–Crippen MR) is 122 cm³/mol. The van der Waals surface area contributed by atoms with Crippen LogP contribution >= 0.6 is 0 Å². The lowest BCUT2D eigenvalue weighted by molar-refractivity contribution is -0.168. The molecule has 5 heteroatoms. The number of hydrogen-bond acceptors (Lipinski definition) is 5. The van der Waals surface area contributed by atoms with Gasteiger partial charge in [-0.3, -0.25) is 14.4 Å². The largest absolute Gasteiger partial charge is 0.469 e. The van der Waals surface area contributed by atoms with E-state index in [0.717, 1.165) is 38.5 Å². The third kappa shape index (κ3) is 3.92. The number of Topliss-reactive ketones (excluding diaryl/α,β-unsaturated/α-hetero) is 1. The van der Waals surface area contributed by atoms with Crippen molar-refractivity contribution in [2.45, 2.75) is 98.0 Å². The summed E-state index contributed by atoms with van der Waals surface area (Å²) in [7, 11) is 1.46. The van der Waals surface area contributed by atoms with Gasteiger partial charge in [-0.1, -0.05) is 20.8 Å². The molecular weight excluding hydrogens is 404 g/mol. The van der Waals surface area contributed by atoms with Gasteiger partial charge < -0.3 is 9.47 Å². The Morgan fingerprint density at radius 3 is 2.44 bits per heavy atom. The van der Waals surface area contributed by atoms with Gasteiger partial charge in [-0.05, 0) is 91.8 Å². The van der Waals surface area contributed by atoms with Crippen molar-refractivity contribution >= 4 is 17.7 Å². The molecule has 4 aliphatic carbocycles. The summed E-state index contributed by atoms with van der Waals surface area (Å²) in [5.74, 6) is 2.68. The second-order valence-corrected chi connectivity index (χ2v) is 11.9. The van der Waals surface area contributed by atoms with Crippen molar-refractivity contribution in [2.75, 3.05) is 7.11 Å². The van der Waals surface area contributed by atoms with Crippen LogP contribution in [0.15, 0.2) is 0 Å². The molecular formula is C27H42O5. The monoisotopic (exact) mass is 446 g/mol. The smallest absolute Gasteiger partial charge is 0.305 e. The number of ketones is 1. The van der Waals surface area contributed by atoms with Gasteiger partial charge in [0.1, 0.15) is 11.9 Å². The molecule has 0 amide bonds. The highest BCUT2D eigenvalue weighted by Gasteiger charge is 2.63. The van der Waals surface area contributed by atoms with Crippen molar-refractivity contribution in [3.8, 4) is 0 Å². The summed E-state index contributed by atoms with van der Waals surface area (Å²) in [4.78, 5) is 36.8. The fraction of sp³-hybridized carbons (Fsp3) is 0.889. The van der Waals surface area contributed by atoms with Gasteiger partial charge in [-0.2, -0.15) is 0 Å². The minimum absolute atomic E-state index is 0.0182. The van der Waals surface area contributed by atoms with Gasteiger partial charge >= 0.3 is 11.9 Å². The number of carbonyl (C=O) groups is 3. The summed E-state index contributed by atoms with van der Waals surface area (Å²) >= 11 is 0. The van der Waals surface area contributed by atoms with Gasteiger partial charge in [0.25, 0.3) is 0 Å². The number of hydrogen-bond donors (Lipinski definition) is 0. The number of esters is 2. The van der Waals surface area contributed by atoms with Crippen molar-refractivity contribution in [3.63, 3.8) is 0 Å². The van der Waals surface area contributed by atoms with Crippen molar-refractivity contribution in [1.29, 1.82) is 0 Å². The zero-order valence-electron chi connectivity index (χ0n) is 20.7. The van der Waals surface area contributed by atoms with Crippen LogP contribution in [0, 0.1) is 46.3 Å². The molecule has 4 saturated carbocycles. The number of carbonyl (C=O) groups excluding carboxylic acids is 3. The van der Waals surface area contributed by atoms with Crippen LogP contribution in [0.5, 0.6) is 0 Å². The number of rotatable bonds is 5. The normalized spacial score (nSPS) is 44.1. The van der Waals surface area contributed by atoms with E-state index in [9.17, 15) is 14.4 Å². The molecule has 4 fully saturated rings. The minimum atomic E-state index is -0.203. The van der Waals surface area contributed by atoms with E-state index < -0.39 is 0 Å². The fourth-order valence-electron chi connectivity index (χ4n) is 8.86. The van der Waals surface area contributed by atoms with Crippen LogP contribution in [0.1, 0.15) is 91.9 Å². The first-order chi connectivity index (χ1) is 15.1. The molecule has 0 aliphatic heterocycles. The first kappa shape index (κ1) is 23.8. The van der Waals surface area contributed by atoms with Gasteiger partial charge in [-0.25, -0.2) is 0 Å². The molecule has 180 valence electrons. The van der Waals surface area contributed by atoms with Crippen LogP contribution < -0.4 is 0 Å². The van der Waals surface area contributed by atoms with Gasteiger partial charge in [-0.15, -0.1) is 0 Å². The molecule has 4 aliphatic rings. The van der Waals surface area contributed by atoms with E-state index >= 15 is 0 Å². The first-order valence-corrected chi connectivity index (χ1v) is 12.9. The van der Waals surface area contributed by atoms with E-state index in [1.54, 1.807) is 0 Å². The van der Waals surface area contributed by atoms with Crippen LogP contribution in [-0.4, -0.2) is 30.9 Å². The molecule has 5 nitrogen and oxygen atoms in total. The molecule has 0 spiro atoms. The van der Waals surface area contributed by atoms with E-state index in [2.05, 4.69) is 20.8 Å². The van der Waals surface area contributed by atoms with Crippen LogP contribution in [0.25, 0.3) is 0 Å². The lowest BCUT2D eigenvalue weighted by atomic mass is 9.44. The summed E-state index contributed by atoms with van der Waals surface area (Å²) < 4.78 is 10.4. The Balaban J connectivity index is 1.50. The van der Waals surface area contributed by atoms with Gasteiger partial charge in [0.05, 0.1) is 7.11 Å². The SMILES string of the molecule is COC(=O)CC[C@@H](C)[C@H]1CC[C@H]2[C@@H]3C(=O)CC4CC(OC(C)=O)CC[C@]4(C)[C@H]3CC[C@]12C. The zero-order valence-corrected chi connectivity index (χ0v) is 20.7. The molecule has 0 radical (unpaired) electrons. The average molecular weight is 447 g/mol. The topological polar surface area (TPSA) is 69.7 Å². The van der Waals surface area contributed by atoms with Gasteiger partial charge in [0, 0.05) is 25.7 Å². The molecule has 0 heterocycles. The molecule has 0 aromatic heterocycles. The summed E-state index contributed by atoms with van der Waals surface area (Å²) in [6.45, 7) is 8.66. The molecule has 0 N–H and O–H groups in total. The third-order valence-electron chi connectivity index (χ3n) is 10.5. The maximum Gasteiger partial charge on any atom is 0.305 e. The lowest BCUT2D eigenvalue weighted by Gasteiger charge is -2.60. The minimum Gasteiger partial charge on any atom is -0.469 e. The fourth-order valence-corrected chi connectivity index (χ4v) is 8.86. The maximum absolute atomic E-state index is 13.6. The molecule has 32 heavy (non-hydrogen) atoms. The van der Waals surface area contributed by atoms with Crippen molar-refractivity contribution < 1.29 is 23.9 Å². The average Bonchev–Trinajstić information content (AvgIpc) is 3.09. The van der Waals surface area contributed by atoms with Crippen LogP contribution in [0.3, 0.4) is 0 Å². The van der Waals surface area contributed by atoms with Crippen molar-refractivity contribution in [3.05, 3.63) is 0 Å². The third-order valence-corrected chi connectivity index (χ3v) is 10.5. The van der Waals surface area contributed by atoms with Crippen LogP contribution in [0.2, 0.25) is 0 Å². The van der Waals surface area contributed by atoms with E-state index in [1.807, 2.05) is 0 Å². The van der Waals surface area contributed by atoms with Crippen LogP contribution in [-0.2, 0) is 23.9 Å². The highest BCUT2D eigenvalue weighted by atomic mass is 16.5. The highest BCUT2D eigenvalue weighted by Crippen LogP contribution is 2.67. The number of ether oxygens (including phenoxy) is 2. The van der Waals surface area contributed by atoms with E-state index in [0.29, 0.717) is 48.2 Å². The Labute approximate surface area is 193 Å². The van der Waals surface area contributed by atoms with Gasteiger partial charge in [0.2, 0.25) is 0 Å². The lowest BCUT2D eigenvalue weighted by Crippen LogP contribution is -2.57. The molecule has 0 aromatic carbocycles. The Bertz CT molecular complexity index is 761. The van der Waals surface area contributed by atoms with Crippen molar-refractivity contribution in [1.82, 2.24) is 0 Å². The van der Waals surface area contributed by atoms with E-state index in [-0.39, 0.29) is 34.8 Å². The van der Waals surface area contributed by atoms with Crippen molar-refractivity contribution in [2.24, 2.45) is 46.3 Å². The second kappa shape index (κ2) is 8.76. The maximum atomic E-state index is 13.6. The van der Waals surface area contributed by atoms with E-state index in [1.165, 1.54) is 26.9 Å². The van der Waals surface area contributed by atoms with Gasteiger partial charge in [0.15, 0.2) is 0 Å². The predicted octanol–water partition coefficient (Wildman–Crippen LogP) is 5.35. The summed E-state index contributed by atoms with van der Waals surface area (Å²) in [5, 5.41) is 0. The Hall–Kier alpha value is -1.39. The number of fused-ring (bicyclic) bond motifs is 5.